The summed E-state index contributed by atoms with van der Waals surface area (Å²) in [5.41, 5.74) is 2.43. The van der Waals surface area contributed by atoms with Crippen LogP contribution < -0.4 is 0 Å². The molecule has 1 rings (SSSR count). The van der Waals surface area contributed by atoms with Gasteiger partial charge in [0.15, 0.2) is 25.0 Å². The average molecular weight is 707 g/mol. The molecule has 1 aromatic carbocycles. The van der Waals surface area contributed by atoms with Gasteiger partial charge in [-0.2, -0.15) is 0 Å². The van der Waals surface area contributed by atoms with Crippen LogP contribution in [0.4, 0.5) is 0 Å². The summed E-state index contributed by atoms with van der Waals surface area (Å²) in [5, 5.41) is 0.200. The normalized spacial score (nSPS) is 15.9. The van der Waals surface area contributed by atoms with E-state index in [2.05, 4.69) is 145 Å². The maximum absolute atomic E-state index is 12.1. The highest BCUT2D eigenvalue weighted by molar-refractivity contribution is 6.75. The van der Waals surface area contributed by atoms with Gasteiger partial charge in [0.05, 0.1) is 25.4 Å². The largest absolute Gasteiger partial charge is 0.469 e. The summed E-state index contributed by atoms with van der Waals surface area (Å²) in [6.07, 6.45) is 10.5. The Balaban J connectivity index is 3.76. The van der Waals surface area contributed by atoms with Crippen LogP contribution in [0.5, 0.6) is 0 Å². The van der Waals surface area contributed by atoms with E-state index in [1.807, 2.05) is 0 Å². The molecule has 3 atom stereocenters. The van der Waals surface area contributed by atoms with Crippen LogP contribution in [-0.2, 0) is 22.8 Å². The predicted octanol–water partition coefficient (Wildman–Crippen LogP) is 12.5. The van der Waals surface area contributed by atoms with Gasteiger partial charge >= 0.3 is 5.97 Å². The number of benzene rings is 1. The molecular formula is C39H74O5Si3. The van der Waals surface area contributed by atoms with E-state index in [1.54, 1.807) is 0 Å². The average Bonchev–Trinajstić information content (AvgIpc) is 2.92. The maximum atomic E-state index is 12.1. The lowest BCUT2D eigenvalue weighted by atomic mass is 9.97. The fourth-order valence-electron chi connectivity index (χ4n) is 4.70. The van der Waals surface area contributed by atoms with Crippen LogP contribution in [-0.4, -0.2) is 50.2 Å². The summed E-state index contributed by atoms with van der Waals surface area (Å²) in [6, 6.07) is 8.75. The molecule has 0 amide bonds. The van der Waals surface area contributed by atoms with Crippen molar-refractivity contribution in [2.24, 2.45) is 0 Å². The summed E-state index contributed by atoms with van der Waals surface area (Å²) in [7, 11) is -4.92. The third-order valence-electron chi connectivity index (χ3n) is 11.1. The molecule has 8 heteroatoms. The fraction of sp³-hybridized carbons (Fsp3) is 0.769. The van der Waals surface area contributed by atoms with Gasteiger partial charge in [0.25, 0.3) is 0 Å². The molecule has 0 aliphatic carbocycles. The second-order valence-corrected chi connectivity index (χ2v) is 32.3. The van der Waals surface area contributed by atoms with Crippen molar-refractivity contribution in [3.05, 3.63) is 41.5 Å². The number of carbonyl (C=O) groups excluding carboxylic acids is 1. The molecule has 0 saturated carbocycles. The van der Waals surface area contributed by atoms with Crippen LogP contribution in [0.3, 0.4) is 0 Å². The van der Waals surface area contributed by atoms with Crippen LogP contribution >= 0.6 is 0 Å². The summed E-state index contributed by atoms with van der Waals surface area (Å²) in [4.78, 5) is 12.1. The SMILES string of the molecule is CCCCCC(O[Si](C)(C)C(C)(C)C)c1ccccc1/C=C/[C@@H](O[Si](C)(C)C(C)(C)C)[C@H](CCCC(=O)OC)O[Si](C)(C)C(C)(C)C. The van der Waals surface area contributed by atoms with E-state index in [1.165, 1.54) is 31.1 Å². The lowest BCUT2D eigenvalue weighted by molar-refractivity contribution is -0.140. The van der Waals surface area contributed by atoms with Crippen molar-refractivity contribution in [3.63, 3.8) is 0 Å². The molecule has 0 N–H and O–H groups in total. The molecule has 0 spiro atoms. The molecule has 0 bridgehead atoms. The minimum absolute atomic E-state index is 0.0336. The van der Waals surface area contributed by atoms with Gasteiger partial charge in [0.2, 0.25) is 0 Å². The molecule has 1 unspecified atom stereocenters. The van der Waals surface area contributed by atoms with E-state index in [9.17, 15) is 4.79 Å². The van der Waals surface area contributed by atoms with Crippen LogP contribution in [0.25, 0.3) is 6.08 Å². The Labute approximate surface area is 294 Å². The maximum Gasteiger partial charge on any atom is 0.305 e. The van der Waals surface area contributed by atoms with E-state index in [4.69, 9.17) is 18.0 Å². The first-order valence-corrected chi connectivity index (χ1v) is 26.9. The number of hydrogen-bond donors (Lipinski definition) is 0. The van der Waals surface area contributed by atoms with Gasteiger partial charge in [-0.25, -0.2) is 0 Å². The summed E-state index contributed by atoms with van der Waals surface area (Å²) >= 11 is 0. The molecular weight excluding hydrogens is 633 g/mol. The molecule has 0 aliphatic heterocycles. The lowest BCUT2D eigenvalue weighted by Gasteiger charge is -2.44. The minimum atomic E-state index is -2.19. The highest BCUT2D eigenvalue weighted by Crippen LogP contribution is 2.43. The highest BCUT2D eigenvalue weighted by Gasteiger charge is 2.44. The van der Waals surface area contributed by atoms with Crippen molar-refractivity contribution >= 4 is 37.0 Å². The van der Waals surface area contributed by atoms with E-state index in [-0.39, 0.29) is 39.4 Å². The highest BCUT2D eigenvalue weighted by atomic mass is 28.4. The zero-order chi connectivity index (χ0) is 36.5. The first-order chi connectivity index (χ1) is 21.3. The Bertz CT molecular complexity index is 1120. The van der Waals surface area contributed by atoms with Crippen molar-refractivity contribution in [2.45, 2.75) is 187 Å². The Morgan fingerprint density at radius 1 is 0.723 bits per heavy atom. The smallest absolute Gasteiger partial charge is 0.305 e. The van der Waals surface area contributed by atoms with Crippen molar-refractivity contribution in [3.8, 4) is 0 Å². The first-order valence-electron chi connectivity index (χ1n) is 18.2. The zero-order valence-electron chi connectivity index (χ0n) is 33.7. The molecule has 5 nitrogen and oxygen atoms in total. The summed E-state index contributed by atoms with van der Waals surface area (Å²) < 4.78 is 26.6. The Kier molecular flexibility index (Phi) is 16.6. The van der Waals surface area contributed by atoms with Crippen LogP contribution in [0.2, 0.25) is 54.4 Å². The summed E-state index contributed by atoms with van der Waals surface area (Å²) in [5.74, 6) is -0.182. The first kappa shape index (κ1) is 44.0. The standard InChI is InChI=1S/C39H74O5Si3/c1-18-19-20-26-33(42-45(12,13)37(2,3)4)32-25-22-21-24-31(32)29-30-35(44-47(16,17)39(8,9)10)34(27-23-28-36(40)41-11)43-46(14,15)38(5,6)7/h21-22,24-25,29-30,33-35H,18-20,23,26-28H2,1-17H3/b30-29+/t33?,34-,35+/m0/s1. The van der Waals surface area contributed by atoms with Gasteiger partial charge in [0.1, 0.15) is 0 Å². The molecule has 0 fully saturated rings. The van der Waals surface area contributed by atoms with Gasteiger partial charge in [-0.15, -0.1) is 0 Å². The fourth-order valence-corrected chi connectivity index (χ4v) is 8.63. The van der Waals surface area contributed by atoms with Gasteiger partial charge in [-0.05, 0) is 84.8 Å². The van der Waals surface area contributed by atoms with Gasteiger partial charge < -0.3 is 18.0 Å². The Morgan fingerprint density at radius 2 is 1.23 bits per heavy atom. The molecule has 0 aromatic heterocycles. The monoisotopic (exact) mass is 706 g/mol. The third kappa shape index (κ3) is 13.7. The molecule has 0 heterocycles. The number of unbranched alkanes of at least 4 members (excludes halogenated alkanes) is 2. The van der Waals surface area contributed by atoms with Crippen LogP contribution in [0.1, 0.15) is 131 Å². The number of rotatable bonds is 18. The predicted molar refractivity (Wildman–Crippen MR) is 211 cm³/mol. The molecule has 1 aromatic rings. The minimum Gasteiger partial charge on any atom is -0.469 e. The number of methoxy groups -OCH3 is 1. The molecule has 0 saturated heterocycles. The van der Waals surface area contributed by atoms with Gasteiger partial charge in [-0.1, -0.05) is 125 Å². The number of ether oxygens (including phenoxy) is 1. The van der Waals surface area contributed by atoms with E-state index < -0.39 is 25.0 Å². The topological polar surface area (TPSA) is 54.0 Å². The number of carbonyl (C=O) groups is 1. The third-order valence-corrected chi connectivity index (χ3v) is 24.5. The summed E-state index contributed by atoms with van der Waals surface area (Å²) in [6.45, 7) is 36.9. The Hall–Kier alpha value is -1.04. The second kappa shape index (κ2) is 17.8. The van der Waals surface area contributed by atoms with Crippen molar-refractivity contribution in [2.75, 3.05) is 7.11 Å². The van der Waals surface area contributed by atoms with E-state index in [0.717, 1.165) is 19.3 Å². The molecule has 272 valence electrons. The lowest BCUT2D eigenvalue weighted by Crippen LogP contribution is -2.51. The molecule has 47 heavy (non-hydrogen) atoms. The number of hydrogen-bond acceptors (Lipinski definition) is 5. The van der Waals surface area contributed by atoms with Crippen molar-refractivity contribution in [1.29, 1.82) is 0 Å². The van der Waals surface area contributed by atoms with Crippen molar-refractivity contribution < 1.29 is 22.8 Å². The van der Waals surface area contributed by atoms with Crippen LogP contribution in [0.15, 0.2) is 30.3 Å². The second-order valence-electron chi connectivity index (χ2n) is 18.1. The quantitative estimate of drug-likeness (QED) is 0.0864. The van der Waals surface area contributed by atoms with Gasteiger partial charge in [-0.3, -0.25) is 4.79 Å². The van der Waals surface area contributed by atoms with Crippen LogP contribution in [0, 0.1) is 0 Å². The zero-order valence-corrected chi connectivity index (χ0v) is 36.7. The van der Waals surface area contributed by atoms with E-state index >= 15 is 0 Å². The molecule has 0 radical (unpaired) electrons. The van der Waals surface area contributed by atoms with E-state index in [0.29, 0.717) is 12.8 Å². The number of esters is 1. The Morgan fingerprint density at radius 3 is 1.74 bits per heavy atom. The van der Waals surface area contributed by atoms with Crippen molar-refractivity contribution in [1.82, 2.24) is 0 Å². The molecule has 0 aliphatic rings. The van der Waals surface area contributed by atoms with Gasteiger partial charge in [0, 0.05) is 6.42 Å².